The minimum absolute atomic E-state index is 0.0282. The third-order valence-electron chi connectivity index (χ3n) is 4.62. The molecule has 7 heteroatoms. The number of piperidine rings is 1. The van der Waals surface area contributed by atoms with E-state index in [2.05, 4.69) is 21.2 Å². The second-order valence-electron chi connectivity index (χ2n) is 6.87. The molecule has 0 atom stereocenters. The van der Waals surface area contributed by atoms with Gasteiger partial charge in [-0.05, 0) is 54.8 Å². The fourth-order valence-electron chi connectivity index (χ4n) is 3.30. The average Bonchev–Trinajstić information content (AvgIpc) is 2.99. The maximum Gasteiger partial charge on any atom is 0.254 e. The molecule has 0 spiro atoms. The van der Waals surface area contributed by atoms with Crippen molar-refractivity contribution in [3.05, 3.63) is 28.4 Å². The number of benzene rings is 1. The Labute approximate surface area is 161 Å². The van der Waals surface area contributed by atoms with Gasteiger partial charge >= 0.3 is 0 Å². The van der Waals surface area contributed by atoms with Crippen molar-refractivity contribution in [3.63, 3.8) is 0 Å². The third-order valence-corrected chi connectivity index (χ3v) is 5.01. The van der Waals surface area contributed by atoms with Crippen molar-refractivity contribution in [2.75, 3.05) is 20.2 Å². The zero-order valence-corrected chi connectivity index (χ0v) is 16.8. The van der Waals surface area contributed by atoms with Crippen LogP contribution in [0.25, 0.3) is 11.0 Å². The molecule has 1 aliphatic heterocycles. The first-order valence-electron chi connectivity index (χ1n) is 8.75. The van der Waals surface area contributed by atoms with Gasteiger partial charge in [-0.1, -0.05) is 0 Å². The molecule has 3 rings (SSSR count). The predicted octanol–water partition coefficient (Wildman–Crippen LogP) is 3.58. The van der Waals surface area contributed by atoms with Gasteiger partial charge in [-0.3, -0.25) is 9.59 Å². The van der Waals surface area contributed by atoms with E-state index in [0.29, 0.717) is 47.5 Å². The number of hydrogen-bond donors (Lipinski definition) is 1. The lowest BCUT2D eigenvalue weighted by Crippen LogP contribution is -2.44. The molecule has 2 heterocycles. The van der Waals surface area contributed by atoms with Gasteiger partial charge in [-0.2, -0.15) is 0 Å². The molecule has 1 aliphatic rings. The summed E-state index contributed by atoms with van der Waals surface area (Å²) in [6.45, 7) is 5.04. The van der Waals surface area contributed by atoms with Crippen molar-refractivity contribution >= 4 is 38.7 Å². The highest BCUT2D eigenvalue weighted by molar-refractivity contribution is 9.10. The van der Waals surface area contributed by atoms with Gasteiger partial charge in [0.1, 0.15) is 11.3 Å². The number of nitrogens with zero attached hydrogens (tertiary/aromatic N) is 1. The first-order chi connectivity index (χ1) is 12.4. The number of halogens is 1. The molecule has 0 bridgehead atoms. The number of methoxy groups -OCH3 is 1. The summed E-state index contributed by atoms with van der Waals surface area (Å²) in [4.78, 5) is 26.8. The highest BCUT2D eigenvalue weighted by Crippen LogP contribution is 2.33. The van der Waals surface area contributed by atoms with E-state index >= 15 is 0 Å². The molecular formula is C19H23BrN2O4. The number of furan rings is 1. The average molecular weight is 423 g/mol. The highest BCUT2D eigenvalue weighted by atomic mass is 79.9. The molecule has 1 aromatic heterocycles. The zero-order valence-electron chi connectivity index (χ0n) is 15.2. The fraction of sp³-hybridized carbons (Fsp3) is 0.474. The summed E-state index contributed by atoms with van der Waals surface area (Å²) in [5.74, 6) is 0.585. The lowest BCUT2D eigenvalue weighted by atomic mass is 9.95. The van der Waals surface area contributed by atoms with Gasteiger partial charge in [0.2, 0.25) is 5.91 Å². The van der Waals surface area contributed by atoms with Crippen LogP contribution in [0.2, 0.25) is 0 Å². The Morgan fingerprint density at radius 2 is 1.96 bits per heavy atom. The summed E-state index contributed by atoms with van der Waals surface area (Å²) >= 11 is 3.31. The van der Waals surface area contributed by atoms with Crippen LogP contribution < -0.4 is 10.1 Å². The van der Waals surface area contributed by atoms with Crippen LogP contribution in [0.4, 0.5) is 0 Å². The number of likely N-dealkylation sites (tertiary alicyclic amines) is 1. The van der Waals surface area contributed by atoms with Crippen LogP contribution >= 0.6 is 15.9 Å². The summed E-state index contributed by atoms with van der Waals surface area (Å²) in [5, 5.41) is 3.77. The topological polar surface area (TPSA) is 71.8 Å². The molecular weight excluding hydrogens is 400 g/mol. The smallest absolute Gasteiger partial charge is 0.254 e. The van der Waals surface area contributed by atoms with E-state index in [4.69, 9.17) is 9.15 Å². The van der Waals surface area contributed by atoms with E-state index in [0.717, 1.165) is 5.39 Å². The normalized spacial score (nSPS) is 15.5. The van der Waals surface area contributed by atoms with Gasteiger partial charge in [0, 0.05) is 36.7 Å². The maximum absolute atomic E-state index is 12.9. The molecule has 1 fully saturated rings. The largest absolute Gasteiger partial charge is 0.496 e. The summed E-state index contributed by atoms with van der Waals surface area (Å²) in [6.07, 6.45) is 1.35. The second kappa shape index (κ2) is 7.70. The van der Waals surface area contributed by atoms with Crippen LogP contribution in [0.15, 0.2) is 27.3 Å². The lowest BCUT2D eigenvalue weighted by molar-refractivity contribution is -0.126. The minimum Gasteiger partial charge on any atom is -0.496 e. The molecule has 140 valence electrons. The quantitative estimate of drug-likeness (QED) is 0.816. The zero-order chi connectivity index (χ0) is 18.8. The summed E-state index contributed by atoms with van der Waals surface area (Å²) < 4.78 is 11.6. The number of nitrogens with one attached hydrogen (secondary N) is 1. The number of carbonyl (C=O) groups excluding carboxylic acids is 2. The molecule has 26 heavy (non-hydrogen) atoms. The number of fused-ring (bicyclic) bond motifs is 1. The van der Waals surface area contributed by atoms with Crippen molar-refractivity contribution < 1.29 is 18.7 Å². The van der Waals surface area contributed by atoms with Gasteiger partial charge in [-0.25, -0.2) is 0 Å². The molecule has 0 aliphatic carbocycles. The SMILES string of the molecule is COc1cc(C(=O)N2CCC(C(=O)NC(C)C)CC2)cc2oc(Br)cc12. The minimum atomic E-state index is -0.0690. The van der Waals surface area contributed by atoms with E-state index in [1.165, 1.54) is 0 Å². The Hall–Kier alpha value is -2.02. The Morgan fingerprint density at radius 3 is 2.58 bits per heavy atom. The molecule has 1 aromatic carbocycles. The van der Waals surface area contributed by atoms with Gasteiger partial charge in [0.15, 0.2) is 4.67 Å². The molecule has 1 saturated heterocycles. The van der Waals surface area contributed by atoms with Crippen LogP contribution in [0.5, 0.6) is 5.75 Å². The van der Waals surface area contributed by atoms with E-state index in [1.807, 2.05) is 19.9 Å². The standard InChI is InChI=1S/C19H23BrN2O4/c1-11(2)21-18(23)12-4-6-22(7-5-12)19(24)13-8-15(25-3)14-10-17(20)26-16(14)9-13/h8-12H,4-7H2,1-3H3,(H,21,23). The Balaban J connectivity index is 1.72. The van der Waals surface area contributed by atoms with Crippen molar-refractivity contribution in [2.45, 2.75) is 32.7 Å². The van der Waals surface area contributed by atoms with E-state index in [-0.39, 0.29) is 23.8 Å². The summed E-state index contributed by atoms with van der Waals surface area (Å²) in [5.41, 5.74) is 1.13. The molecule has 0 unspecified atom stereocenters. The van der Waals surface area contributed by atoms with Crippen molar-refractivity contribution in [3.8, 4) is 5.75 Å². The number of carbonyl (C=O) groups is 2. The second-order valence-corrected chi connectivity index (χ2v) is 7.65. The van der Waals surface area contributed by atoms with Crippen LogP contribution in [0.3, 0.4) is 0 Å². The molecule has 2 aromatic rings. The third kappa shape index (κ3) is 3.87. The van der Waals surface area contributed by atoms with Crippen LogP contribution in [0, 0.1) is 5.92 Å². The van der Waals surface area contributed by atoms with Crippen LogP contribution in [-0.4, -0.2) is 43.0 Å². The van der Waals surface area contributed by atoms with Crippen molar-refractivity contribution in [1.29, 1.82) is 0 Å². The lowest BCUT2D eigenvalue weighted by Gasteiger charge is -2.31. The number of rotatable bonds is 4. The summed E-state index contributed by atoms with van der Waals surface area (Å²) in [7, 11) is 1.57. The maximum atomic E-state index is 12.9. The monoisotopic (exact) mass is 422 g/mol. The van der Waals surface area contributed by atoms with Gasteiger partial charge in [0.25, 0.3) is 5.91 Å². The fourth-order valence-corrected chi connectivity index (χ4v) is 3.70. The first kappa shape index (κ1) is 18.8. The number of hydrogen-bond acceptors (Lipinski definition) is 4. The van der Waals surface area contributed by atoms with Crippen molar-refractivity contribution in [2.24, 2.45) is 5.92 Å². The molecule has 0 saturated carbocycles. The molecule has 2 amide bonds. The van der Waals surface area contributed by atoms with E-state index < -0.39 is 0 Å². The molecule has 0 radical (unpaired) electrons. The Kier molecular flexibility index (Phi) is 5.55. The first-order valence-corrected chi connectivity index (χ1v) is 9.55. The van der Waals surface area contributed by atoms with Gasteiger partial charge < -0.3 is 19.4 Å². The highest BCUT2D eigenvalue weighted by Gasteiger charge is 2.28. The number of ether oxygens (including phenoxy) is 1. The Morgan fingerprint density at radius 1 is 1.27 bits per heavy atom. The summed E-state index contributed by atoms with van der Waals surface area (Å²) in [6, 6.07) is 5.43. The van der Waals surface area contributed by atoms with Gasteiger partial charge in [-0.15, -0.1) is 0 Å². The van der Waals surface area contributed by atoms with Crippen LogP contribution in [0.1, 0.15) is 37.0 Å². The van der Waals surface area contributed by atoms with E-state index in [1.54, 1.807) is 24.1 Å². The molecule has 6 nitrogen and oxygen atoms in total. The van der Waals surface area contributed by atoms with E-state index in [9.17, 15) is 9.59 Å². The molecule has 1 N–H and O–H groups in total. The van der Waals surface area contributed by atoms with Crippen LogP contribution in [-0.2, 0) is 4.79 Å². The Bertz CT molecular complexity index is 822. The predicted molar refractivity (Wildman–Crippen MR) is 102 cm³/mol. The number of amides is 2. The van der Waals surface area contributed by atoms with Gasteiger partial charge in [0.05, 0.1) is 12.5 Å². The van der Waals surface area contributed by atoms with Crippen molar-refractivity contribution in [1.82, 2.24) is 10.2 Å².